The molecule has 2 aliphatic rings. The lowest BCUT2D eigenvalue weighted by molar-refractivity contribution is -0.0767. The zero-order chi connectivity index (χ0) is 14.0. The molecule has 110 valence electrons. The number of benzene rings is 1. The van der Waals surface area contributed by atoms with Gasteiger partial charge in [0, 0.05) is 18.3 Å². The monoisotopic (exact) mass is 275 g/mol. The van der Waals surface area contributed by atoms with Crippen molar-refractivity contribution in [2.75, 3.05) is 19.0 Å². The van der Waals surface area contributed by atoms with E-state index >= 15 is 0 Å². The molecule has 0 amide bonds. The first-order valence-corrected chi connectivity index (χ1v) is 7.76. The SMILES string of the molecule is COc1ccc(NC2CCOC3(CCCC3)C2)cc1C. The highest BCUT2D eigenvalue weighted by Crippen LogP contribution is 2.40. The number of hydrogen-bond donors (Lipinski definition) is 1. The van der Waals surface area contributed by atoms with E-state index in [9.17, 15) is 0 Å². The number of ether oxygens (including phenoxy) is 2. The van der Waals surface area contributed by atoms with Crippen LogP contribution in [0, 0.1) is 6.92 Å². The van der Waals surface area contributed by atoms with Crippen molar-refractivity contribution < 1.29 is 9.47 Å². The Bertz CT molecular complexity index is 466. The van der Waals surface area contributed by atoms with Gasteiger partial charge in [-0.2, -0.15) is 0 Å². The quantitative estimate of drug-likeness (QED) is 0.907. The van der Waals surface area contributed by atoms with Crippen LogP contribution >= 0.6 is 0 Å². The molecule has 3 nitrogen and oxygen atoms in total. The summed E-state index contributed by atoms with van der Waals surface area (Å²) in [6, 6.07) is 6.87. The topological polar surface area (TPSA) is 30.5 Å². The molecular weight excluding hydrogens is 250 g/mol. The molecule has 1 N–H and O–H groups in total. The van der Waals surface area contributed by atoms with Gasteiger partial charge in [-0.15, -0.1) is 0 Å². The Morgan fingerprint density at radius 1 is 1.30 bits per heavy atom. The fourth-order valence-electron chi connectivity index (χ4n) is 3.72. The molecule has 0 aromatic heterocycles. The first-order chi connectivity index (χ1) is 9.71. The van der Waals surface area contributed by atoms with Crippen molar-refractivity contribution in [1.82, 2.24) is 0 Å². The molecule has 1 saturated heterocycles. The number of methoxy groups -OCH3 is 1. The summed E-state index contributed by atoms with van der Waals surface area (Å²) < 4.78 is 11.4. The van der Waals surface area contributed by atoms with Gasteiger partial charge >= 0.3 is 0 Å². The Morgan fingerprint density at radius 3 is 2.80 bits per heavy atom. The van der Waals surface area contributed by atoms with Gasteiger partial charge in [0.15, 0.2) is 0 Å². The van der Waals surface area contributed by atoms with Crippen LogP contribution in [0.4, 0.5) is 5.69 Å². The minimum absolute atomic E-state index is 0.178. The normalized spacial score (nSPS) is 24.8. The highest BCUT2D eigenvalue weighted by molar-refractivity contribution is 5.51. The Hall–Kier alpha value is -1.22. The lowest BCUT2D eigenvalue weighted by Gasteiger charge is -2.39. The molecule has 2 fully saturated rings. The molecule has 20 heavy (non-hydrogen) atoms. The third kappa shape index (κ3) is 2.78. The maximum Gasteiger partial charge on any atom is 0.121 e. The fraction of sp³-hybridized carbons (Fsp3) is 0.647. The molecule has 1 spiro atoms. The summed E-state index contributed by atoms with van der Waals surface area (Å²) in [6.07, 6.45) is 7.40. The van der Waals surface area contributed by atoms with E-state index < -0.39 is 0 Å². The molecule has 1 unspecified atom stereocenters. The predicted molar refractivity (Wildman–Crippen MR) is 81.5 cm³/mol. The maximum absolute atomic E-state index is 6.09. The second-order valence-corrected chi connectivity index (χ2v) is 6.26. The van der Waals surface area contributed by atoms with Crippen LogP contribution in [-0.4, -0.2) is 25.4 Å². The average Bonchev–Trinajstić information content (AvgIpc) is 2.87. The maximum atomic E-state index is 6.09. The van der Waals surface area contributed by atoms with E-state index in [1.807, 2.05) is 6.07 Å². The van der Waals surface area contributed by atoms with Crippen LogP contribution in [0.15, 0.2) is 18.2 Å². The number of anilines is 1. The number of aryl methyl sites for hydroxylation is 1. The highest BCUT2D eigenvalue weighted by Gasteiger charge is 2.39. The summed E-state index contributed by atoms with van der Waals surface area (Å²) in [7, 11) is 1.72. The summed E-state index contributed by atoms with van der Waals surface area (Å²) in [5, 5.41) is 3.69. The molecule has 3 heteroatoms. The minimum atomic E-state index is 0.178. The van der Waals surface area contributed by atoms with Crippen molar-refractivity contribution in [2.45, 2.75) is 57.1 Å². The first-order valence-electron chi connectivity index (χ1n) is 7.76. The van der Waals surface area contributed by atoms with Crippen LogP contribution in [0.2, 0.25) is 0 Å². The van der Waals surface area contributed by atoms with Crippen molar-refractivity contribution in [3.8, 4) is 5.75 Å². The second-order valence-electron chi connectivity index (χ2n) is 6.26. The predicted octanol–water partition coefficient (Wildman–Crippen LogP) is 3.91. The van der Waals surface area contributed by atoms with Crippen molar-refractivity contribution in [3.63, 3.8) is 0 Å². The van der Waals surface area contributed by atoms with E-state index in [1.165, 1.54) is 36.9 Å². The van der Waals surface area contributed by atoms with Crippen LogP contribution in [-0.2, 0) is 4.74 Å². The zero-order valence-corrected chi connectivity index (χ0v) is 12.6. The van der Waals surface area contributed by atoms with E-state index in [1.54, 1.807) is 7.11 Å². The number of rotatable bonds is 3. The van der Waals surface area contributed by atoms with Gasteiger partial charge in [-0.3, -0.25) is 0 Å². The fourth-order valence-corrected chi connectivity index (χ4v) is 3.72. The van der Waals surface area contributed by atoms with Crippen LogP contribution in [0.5, 0.6) is 5.75 Å². The van der Waals surface area contributed by atoms with Crippen LogP contribution < -0.4 is 10.1 Å². The van der Waals surface area contributed by atoms with Gasteiger partial charge in [0.2, 0.25) is 0 Å². The lowest BCUT2D eigenvalue weighted by Crippen LogP contribution is -2.42. The van der Waals surface area contributed by atoms with Crippen molar-refractivity contribution >= 4 is 5.69 Å². The van der Waals surface area contributed by atoms with E-state index in [0.29, 0.717) is 6.04 Å². The van der Waals surface area contributed by atoms with Crippen molar-refractivity contribution in [3.05, 3.63) is 23.8 Å². The molecule has 3 rings (SSSR count). The molecule has 1 atom stereocenters. The Kier molecular flexibility index (Phi) is 3.88. The van der Waals surface area contributed by atoms with Crippen molar-refractivity contribution in [2.24, 2.45) is 0 Å². The van der Waals surface area contributed by atoms with Gasteiger partial charge in [0.05, 0.1) is 12.7 Å². The van der Waals surface area contributed by atoms with Gasteiger partial charge in [-0.05, 0) is 56.4 Å². The molecule has 1 aliphatic heterocycles. The molecular formula is C17H25NO2. The van der Waals surface area contributed by atoms with E-state index in [0.717, 1.165) is 25.2 Å². The van der Waals surface area contributed by atoms with Gasteiger partial charge < -0.3 is 14.8 Å². The van der Waals surface area contributed by atoms with Gasteiger partial charge in [0.25, 0.3) is 0 Å². The Balaban J connectivity index is 1.66. The molecule has 1 saturated carbocycles. The first kappa shape index (κ1) is 13.7. The Labute approximate surface area is 121 Å². The van der Waals surface area contributed by atoms with E-state index in [2.05, 4.69) is 24.4 Å². The largest absolute Gasteiger partial charge is 0.496 e. The van der Waals surface area contributed by atoms with Crippen LogP contribution in [0.3, 0.4) is 0 Å². The summed E-state index contributed by atoms with van der Waals surface area (Å²) >= 11 is 0. The summed E-state index contributed by atoms with van der Waals surface area (Å²) in [6.45, 7) is 2.99. The van der Waals surface area contributed by atoms with Crippen LogP contribution in [0.1, 0.15) is 44.1 Å². The zero-order valence-electron chi connectivity index (χ0n) is 12.6. The van der Waals surface area contributed by atoms with Gasteiger partial charge in [-0.25, -0.2) is 0 Å². The molecule has 1 aliphatic carbocycles. The Morgan fingerprint density at radius 2 is 2.10 bits per heavy atom. The molecule has 1 aromatic rings. The minimum Gasteiger partial charge on any atom is -0.496 e. The molecule has 1 heterocycles. The smallest absolute Gasteiger partial charge is 0.121 e. The summed E-state index contributed by atoms with van der Waals surface area (Å²) in [5.74, 6) is 0.954. The number of nitrogens with one attached hydrogen (secondary N) is 1. The van der Waals surface area contributed by atoms with Crippen LogP contribution in [0.25, 0.3) is 0 Å². The standard InChI is InChI=1S/C17H25NO2/c1-13-11-14(5-6-16(13)19-2)18-15-7-10-20-17(12-15)8-3-4-9-17/h5-6,11,15,18H,3-4,7-10,12H2,1-2H3. The molecule has 0 bridgehead atoms. The lowest BCUT2D eigenvalue weighted by atomic mass is 9.89. The number of hydrogen-bond acceptors (Lipinski definition) is 3. The molecule has 0 radical (unpaired) electrons. The van der Waals surface area contributed by atoms with Gasteiger partial charge in [-0.1, -0.05) is 12.8 Å². The van der Waals surface area contributed by atoms with E-state index in [4.69, 9.17) is 9.47 Å². The summed E-state index contributed by atoms with van der Waals surface area (Å²) in [4.78, 5) is 0. The second kappa shape index (κ2) is 5.65. The van der Waals surface area contributed by atoms with E-state index in [-0.39, 0.29) is 5.60 Å². The molecule has 1 aromatic carbocycles. The third-order valence-corrected chi connectivity index (χ3v) is 4.77. The summed E-state index contributed by atoms with van der Waals surface area (Å²) in [5.41, 5.74) is 2.56. The third-order valence-electron chi connectivity index (χ3n) is 4.77. The van der Waals surface area contributed by atoms with Crippen molar-refractivity contribution in [1.29, 1.82) is 0 Å². The van der Waals surface area contributed by atoms with Gasteiger partial charge in [0.1, 0.15) is 5.75 Å². The average molecular weight is 275 g/mol. The highest BCUT2D eigenvalue weighted by atomic mass is 16.5.